The molecule has 1 saturated heterocycles. The van der Waals surface area contributed by atoms with Gasteiger partial charge < -0.3 is 14.8 Å². The van der Waals surface area contributed by atoms with Crippen LogP contribution >= 0.6 is 0 Å². The van der Waals surface area contributed by atoms with Gasteiger partial charge in [-0.2, -0.15) is 0 Å². The number of hydrogen-bond acceptors (Lipinski definition) is 4. The van der Waals surface area contributed by atoms with E-state index in [0.717, 1.165) is 11.3 Å². The molecule has 0 aliphatic carbocycles. The van der Waals surface area contributed by atoms with Crippen molar-refractivity contribution in [1.82, 2.24) is 5.32 Å². The monoisotopic (exact) mass is 267 g/mol. The van der Waals surface area contributed by atoms with Crippen molar-refractivity contribution < 1.29 is 18.7 Å². The SMILES string of the molecule is COC(=O)Cc1ccc(OC[C@@H]2C[C@H](F)CN2)cc1. The Morgan fingerprint density at radius 3 is 2.74 bits per heavy atom. The van der Waals surface area contributed by atoms with Crippen molar-refractivity contribution in [2.24, 2.45) is 0 Å². The highest BCUT2D eigenvalue weighted by molar-refractivity contribution is 5.72. The highest BCUT2D eigenvalue weighted by Gasteiger charge is 2.23. The van der Waals surface area contributed by atoms with Gasteiger partial charge in [-0.15, -0.1) is 0 Å². The first-order chi connectivity index (χ1) is 9.17. The summed E-state index contributed by atoms with van der Waals surface area (Å²) in [5.74, 6) is 0.454. The molecule has 1 aliphatic rings. The van der Waals surface area contributed by atoms with E-state index in [1.165, 1.54) is 7.11 Å². The van der Waals surface area contributed by atoms with Gasteiger partial charge in [-0.3, -0.25) is 4.79 Å². The van der Waals surface area contributed by atoms with Crippen LogP contribution in [0.2, 0.25) is 0 Å². The molecule has 5 heteroatoms. The van der Waals surface area contributed by atoms with E-state index in [-0.39, 0.29) is 18.4 Å². The van der Waals surface area contributed by atoms with Crippen LogP contribution < -0.4 is 10.1 Å². The zero-order valence-corrected chi connectivity index (χ0v) is 10.9. The lowest BCUT2D eigenvalue weighted by atomic mass is 10.1. The van der Waals surface area contributed by atoms with Gasteiger partial charge >= 0.3 is 5.97 Å². The fraction of sp³-hybridized carbons (Fsp3) is 0.500. The molecule has 19 heavy (non-hydrogen) atoms. The lowest BCUT2D eigenvalue weighted by molar-refractivity contribution is -0.139. The van der Waals surface area contributed by atoms with Crippen LogP contribution in [0.1, 0.15) is 12.0 Å². The Hall–Kier alpha value is -1.62. The Morgan fingerprint density at radius 2 is 2.16 bits per heavy atom. The van der Waals surface area contributed by atoms with Crippen molar-refractivity contribution in [1.29, 1.82) is 0 Å². The average molecular weight is 267 g/mol. The predicted molar refractivity (Wildman–Crippen MR) is 69.0 cm³/mol. The topological polar surface area (TPSA) is 47.6 Å². The molecule has 0 unspecified atom stereocenters. The van der Waals surface area contributed by atoms with Crippen LogP contribution in [0.4, 0.5) is 4.39 Å². The maximum atomic E-state index is 12.9. The number of halogens is 1. The second-order valence-electron chi connectivity index (χ2n) is 4.65. The van der Waals surface area contributed by atoms with Crippen molar-refractivity contribution in [3.8, 4) is 5.75 Å². The first-order valence-corrected chi connectivity index (χ1v) is 6.33. The van der Waals surface area contributed by atoms with Crippen LogP contribution in [0.15, 0.2) is 24.3 Å². The smallest absolute Gasteiger partial charge is 0.309 e. The van der Waals surface area contributed by atoms with Crippen molar-refractivity contribution in [2.75, 3.05) is 20.3 Å². The van der Waals surface area contributed by atoms with Gasteiger partial charge in [0.1, 0.15) is 18.5 Å². The number of ether oxygens (including phenoxy) is 2. The molecular weight excluding hydrogens is 249 g/mol. The summed E-state index contributed by atoms with van der Waals surface area (Å²) >= 11 is 0. The molecule has 1 heterocycles. The molecule has 4 nitrogen and oxygen atoms in total. The molecule has 0 amide bonds. The Kier molecular flexibility index (Phi) is 4.74. The molecule has 0 spiro atoms. The molecule has 1 aliphatic heterocycles. The lowest BCUT2D eigenvalue weighted by Crippen LogP contribution is -2.28. The summed E-state index contributed by atoms with van der Waals surface area (Å²) in [5, 5.41) is 3.06. The average Bonchev–Trinajstić information content (AvgIpc) is 2.83. The van der Waals surface area contributed by atoms with Crippen LogP contribution in [0.5, 0.6) is 5.75 Å². The Bertz CT molecular complexity index is 421. The zero-order chi connectivity index (χ0) is 13.7. The Morgan fingerprint density at radius 1 is 1.42 bits per heavy atom. The lowest BCUT2D eigenvalue weighted by Gasteiger charge is -2.12. The van der Waals surface area contributed by atoms with E-state index in [1.54, 1.807) is 12.1 Å². The molecule has 0 aromatic heterocycles. The van der Waals surface area contributed by atoms with Crippen LogP contribution in [0.3, 0.4) is 0 Å². The summed E-state index contributed by atoms with van der Waals surface area (Å²) in [7, 11) is 1.37. The Balaban J connectivity index is 1.80. The molecule has 0 radical (unpaired) electrons. The maximum Gasteiger partial charge on any atom is 0.309 e. The molecule has 2 atom stereocenters. The molecule has 1 aromatic rings. The highest BCUT2D eigenvalue weighted by Crippen LogP contribution is 2.15. The predicted octanol–water partition coefficient (Wildman–Crippen LogP) is 1.48. The number of carbonyl (C=O) groups is 1. The molecule has 2 rings (SSSR count). The Labute approximate surface area is 111 Å². The molecule has 1 fully saturated rings. The maximum absolute atomic E-state index is 12.9. The molecule has 104 valence electrons. The van der Waals surface area contributed by atoms with Crippen molar-refractivity contribution in [3.05, 3.63) is 29.8 Å². The van der Waals surface area contributed by atoms with Crippen LogP contribution in [-0.2, 0) is 16.0 Å². The summed E-state index contributed by atoms with van der Waals surface area (Å²) < 4.78 is 23.1. The number of alkyl halides is 1. The summed E-state index contributed by atoms with van der Waals surface area (Å²) in [4.78, 5) is 11.1. The number of methoxy groups -OCH3 is 1. The van der Waals surface area contributed by atoms with Crippen molar-refractivity contribution >= 4 is 5.97 Å². The quantitative estimate of drug-likeness (QED) is 0.821. The number of carbonyl (C=O) groups excluding carboxylic acids is 1. The van der Waals surface area contributed by atoms with Gasteiger partial charge in [0.15, 0.2) is 0 Å². The zero-order valence-electron chi connectivity index (χ0n) is 10.9. The van der Waals surface area contributed by atoms with E-state index in [2.05, 4.69) is 10.1 Å². The van der Waals surface area contributed by atoms with E-state index in [0.29, 0.717) is 19.6 Å². The van der Waals surface area contributed by atoms with E-state index in [9.17, 15) is 9.18 Å². The third-order valence-electron chi connectivity index (χ3n) is 3.12. The van der Waals surface area contributed by atoms with E-state index < -0.39 is 6.17 Å². The van der Waals surface area contributed by atoms with E-state index >= 15 is 0 Å². The highest BCUT2D eigenvalue weighted by atomic mass is 19.1. The third kappa shape index (κ3) is 4.21. The number of rotatable bonds is 5. The second kappa shape index (κ2) is 6.52. The molecule has 1 aromatic carbocycles. The second-order valence-corrected chi connectivity index (χ2v) is 4.65. The van der Waals surface area contributed by atoms with Crippen LogP contribution in [0, 0.1) is 0 Å². The van der Waals surface area contributed by atoms with Gasteiger partial charge in [-0.1, -0.05) is 12.1 Å². The third-order valence-corrected chi connectivity index (χ3v) is 3.12. The number of benzene rings is 1. The van der Waals surface area contributed by atoms with Crippen molar-refractivity contribution in [3.63, 3.8) is 0 Å². The van der Waals surface area contributed by atoms with Crippen LogP contribution in [-0.4, -0.2) is 38.4 Å². The minimum Gasteiger partial charge on any atom is -0.492 e. The summed E-state index contributed by atoms with van der Waals surface area (Å²) in [6, 6.07) is 7.34. The minimum absolute atomic E-state index is 0.0738. The fourth-order valence-corrected chi connectivity index (χ4v) is 2.04. The number of nitrogens with one attached hydrogen (secondary N) is 1. The number of hydrogen-bond donors (Lipinski definition) is 1. The molecule has 1 N–H and O–H groups in total. The van der Waals surface area contributed by atoms with E-state index in [1.807, 2.05) is 12.1 Å². The standard InChI is InChI=1S/C14H18FNO3/c1-18-14(17)6-10-2-4-13(5-3-10)19-9-12-7-11(15)8-16-12/h2-5,11-12,16H,6-9H2,1H3/t11-,12-/m0/s1. The summed E-state index contributed by atoms with van der Waals surface area (Å²) in [6.45, 7) is 0.864. The first kappa shape index (κ1) is 13.8. The van der Waals surface area contributed by atoms with Crippen LogP contribution in [0.25, 0.3) is 0 Å². The first-order valence-electron chi connectivity index (χ1n) is 6.33. The number of esters is 1. The van der Waals surface area contributed by atoms with Crippen molar-refractivity contribution in [2.45, 2.75) is 25.1 Å². The molecular formula is C14H18FNO3. The van der Waals surface area contributed by atoms with E-state index in [4.69, 9.17) is 4.74 Å². The minimum atomic E-state index is -0.768. The largest absolute Gasteiger partial charge is 0.492 e. The van der Waals surface area contributed by atoms with Gasteiger partial charge in [-0.05, 0) is 24.1 Å². The van der Waals surface area contributed by atoms with Gasteiger partial charge in [0, 0.05) is 12.6 Å². The van der Waals surface area contributed by atoms with Gasteiger partial charge in [0.2, 0.25) is 0 Å². The molecule has 0 saturated carbocycles. The van der Waals surface area contributed by atoms with Gasteiger partial charge in [0.25, 0.3) is 0 Å². The molecule has 0 bridgehead atoms. The van der Waals surface area contributed by atoms with Gasteiger partial charge in [-0.25, -0.2) is 4.39 Å². The summed E-state index contributed by atoms with van der Waals surface area (Å²) in [6.07, 6.45) is -0.0127. The normalized spacial score (nSPS) is 22.2. The van der Waals surface area contributed by atoms with Gasteiger partial charge in [0.05, 0.1) is 13.5 Å². The fourth-order valence-electron chi connectivity index (χ4n) is 2.04. The summed E-state index contributed by atoms with van der Waals surface area (Å²) in [5.41, 5.74) is 0.877.